The smallest absolute Gasteiger partial charge is 0.0669 e. The average Bonchev–Trinajstić information content (AvgIpc) is 2.64. The highest BCUT2D eigenvalue weighted by Gasteiger charge is 2.25. The van der Waals surface area contributed by atoms with Gasteiger partial charge in [0.05, 0.1) is 6.10 Å². The Kier molecular flexibility index (Phi) is 3.84. The second-order valence-electron chi connectivity index (χ2n) is 6.02. The van der Waals surface area contributed by atoms with E-state index in [0.717, 1.165) is 17.9 Å². The predicted octanol–water partition coefficient (Wildman–Crippen LogP) is 3.25. The van der Waals surface area contributed by atoms with Gasteiger partial charge >= 0.3 is 0 Å². The first-order chi connectivity index (χ1) is 7.97. The van der Waals surface area contributed by atoms with Crippen LogP contribution in [0.4, 0.5) is 0 Å². The summed E-state index contributed by atoms with van der Waals surface area (Å²) in [6.45, 7) is 6.71. The summed E-state index contributed by atoms with van der Waals surface area (Å²) in [5.74, 6) is 2.45. The average molecular weight is 250 g/mol. The first kappa shape index (κ1) is 13.0. The maximum Gasteiger partial charge on any atom is 0.0669 e. The minimum Gasteiger partial charge on any atom is -0.392 e. The summed E-state index contributed by atoms with van der Waals surface area (Å²) < 4.78 is 0. The number of aliphatic hydroxyl groups excluding tert-OH is 1. The molecule has 2 unspecified atom stereocenters. The molecule has 0 radical (unpaired) electrons. The lowest BCUT2D eigenvalue weighted by Gasteiger charge is -2.20. The van der Waals surface area contributed by atoms with Crippen LogP contribution in [0.3, 0.4) is 0 Å². The van der Waals surface area contributed by atoms with E-state index in [4.69, 9.17) is 0 Å². The van der Waals surface area contributed by atoms with Gasteiger partial charge in [0.1, 0.15) is 0 Å². The molecule has 1 nitrogen and oxygen atoms in total. The fraction of sp³-hybridized carbons (Fsp3) is 0.600. The SMILES string of the molecule is CC(C)(C)c1ccc(CC2CSCC2O)cc1. The van der Waals surface area contributed by atoms with Crippen LogP contribution >= 0.6 is 11.8 Å². The van der Waals surface area contributed by atoms with E-state index in [1.165, 1.54) is 11.1 Å². The molecule has 1 aliphatic heterocycles. The van der Waals surface area contributed by atoms with Crippen LogP contribution in [-0.2, 0) is 11.8 Å². The Bertz CT molecular complexity index is 364. The van der Waals surface area contributed by atoms with Crippen molar-refractivity contribution >= 4 is 11.8 Å². The molecule has 0 saturated carbocycles. The van der Waals surface area contributed by atoms with Gasteiger partial charge in [0.2, 0.25) is 0 Å². The molecule has 0 aliphatic carbocycles. The maximum atomic E-state index is 9.81. The lowest BCUT2D eigenvalue weighted by Crippen LogP contribution is -2.20. The normalized spacial score (nSPS) is 25.2. The van der Waals surface area contributed by atoms with Gasteiger partial charge in [-0.2, -0.15) is 11.8 Å². The van der Waals surface area contributed by atoms with Gasteiger partial charge in [-0.05, 0) is 34.6 Å². The first-order valence-electron chi connectivity index (χ1n) is 6.32. The molecule has 1 aromatic rings. The fourth-order valence-corrected chi connectivity index (χ4v) is 3.52. The molecule has 0 spiro atoms. The lowest BCUT2D eigenvalue weighted by molar-refractivity contribution is 0.150. The monoisotopic (exact) mass is 250 g/mol. The summed E-state index contributed by atoms with van der Waals surface area (Å²) in [5.41, 5.74) is 2.95. The van der Waals surface area contributed by atoms with E-state index in [1.807, 2.05) is 11.8 Å². The molecule has 1 N–H and O–H groups in total. The van der Waals surface area contributed by atoms with E-state index in [9.17, 15) is 5.11 Å². The van der Waals surface area contributed by atoms with Crippen molar-refractivity contribution in [2.75, 3.05) is 11.5 Å². The summed E-state index contributed by atoms with van der Waals surface area (Å²) in [6.07, 6.45) is 0.904. The second kappa shape index (κ2) is 5.03. The third-order valence-electron chi connectivity index (χ3n) is 3.48. The Morgan fingerprint density at radius 3 is 2.29 bits per heavy atom. The number of hydrogen-bond donors (Lipinski definition) is 1. The number of rotatable bonds is 2. The van der Waals surface area contributed by atoms with Crippen LogP contribution in [0, 0.1) is 5.92 Å². The van der Waals surface area contributed by atoms with Crippen LogP contribution in [-0.4, -0.2) is 22.7 Å². The highest BCUT2D eigenvalue weighted by molar-refractivity contribution is 7.99. The zero-order valence-corrected chi connectivity index (χ0v) is 11.8. The summed E-state index contributed by atoms with van der Waals surface area (Å²) in [5, 5.41) is 9.81. The highest BCUT2D eigenvalue weighted by atomic mass is 32.2. The molecule has 1 saturated heterocycles. The van der Waals surface area contributed by atoms with Crippen LogP contribution in [0.25, 0.3) is 0 Å². The van der Waals surface area contributed by atoms with Gasteiger partial charge in [-0.1, -0.05) is 45.0 Å². The molecule has 0 aromatic heterocycles. The Morgan fingerprint density at radius 1 is 1.18 bits per heavy atom. The number of aliphatic hydroxyl groups is 1. The summed E-state index contributed by atoms with van der Waals surface area (Å²) in [6, 6.07) is 8.89. The maximum absolute atomic E-state index is 9.81. The minimum absolute atomic E-state index is 0.109. The van der Waals surface area contributed by atoms with E-state index >= 15 is 0 Å². The van der Waals surface area contributed by atoms with Crippen molar-refractivity contribution in [2.24, 2.45) is 5.92 Å². The molecule has 1 aromatic carbocycles. The van der Waals surface area contributed by atoms with Crippen molar-refractivity contribution in [1.82, 2.24) is 0 Å². The Labute approximate surface area is 109 Å². The molecule has 1 heterocycles. The van der Waals surface area contributed by atoms with Gasteiger partial charge in [-0.25, -0.2) is 0 Å². The van der Waals surface area contributed by atoms with Crippen molar-refractivity contribution in [2.45, 2.75) is 38.7 Å². The van der Waals surface area contributed by atoms with Gasteiger partial charge < -0.3 is 5.11 Å². The van der Waals surface area contributed by atoms with E-state index in [-0.39, 0.29) is 11.5 Å². The summed E-state index contributed by atoms with van der Waals surface area (Å²) >= 11 is 1.87. The molecule has 2 heteroatoms. The van der Waals surface area contributed by atoms with Crippen LogP contribution in [0.2, 0.25) is 0 Å². The van der Waals surface area contributed by atoms with Crippen LogP contribution in [0.1, 0.15) is 31.9 Å². The second-order valence-corrected chi connectivity index (χ2v) is 7.09. The molecular formula is C15H22OS. The largest absolute Gasteiger partial charge is 0.392 e. The summed E-state index contributed by atoms with van der Waals surface area (Å²) in [4.78, 5) is 0. The standard InChI is InChI=1S/C15H22OS/c1-15(2,3)13-6-4-11(5-7-13)8-12-9-17-10-14(12)16/h4-7,12,14,16H,8-10H2,1-3H3. The highest BCUT2D eigenvalue weighted by Crippen LogP contribution is 2.28. The minimum atomic E-state index is -0.109. The first-order valence-corrected chi connectivity index (χ1v) is 7.47. The van der Waals surface area contributed by atoms with Crippen LogP contribution in [0.15, 0.2) is 24.3 Å². The number of thioether (sulfide) groups is 1. The van der Waals surface area contributed by atoms with E-state index in [1.54, 1.807) is 0 Å². The van der Waals surface area contributed by atoms with Crippen LogP contribution in [0.5, 0.6) is 0 Å². The van der Waals surface area contributed by atoms with Crippen molar-refractivity contribution in [3.05, 3.63) is 35.4 Å². The Hall–Kier alpha value is -0.470. The van der Waals surface area contributed by atoms with Crippen molar-refractivity contribution in [3.8, 4) is 0 Å². The van der Waals surface area contributed by atoms with E-state index < -0.39 is 0 Å². The van der Waals surface area contributed by atoms with Crippen molar-refractivity contribution < 1.29 is 5.11 Å². The molecule has 1 aliphatic rings. The van der Waals surface area contributed by atoms with Gasteiger partial charge in [0, 0.05) is 5.75 Å². The van der Waals surface area contributed by atoms with Gasteiger partial charge in [-0.3, -0.25) is 0 Å². The topological polar surface area (TPSA) is 20.2 Å². The zero-order valence-electron chi connectivity index (χ0n) is 10.9. The predicted molar refractivity (Wildman–Crippen MR) is 75.7 cm³/mol. The molecular weight excluding hydrogens is 228 g/mol. The third kappa shape index (κ3) is 3.26. The molecule has 1 fully saturated rings. The van der Waals surface area contributed by atoms with E-state index in [0.29, 0.717) is 5.92 Å². The molecule has 0 amide bonds. The molecule has 2 rings (SSSR count). The Morgan fingerprint density at radius 2 is 1.82 bits per heavy atom. The molecule has 17 heavy (non-hydrogen) atoms. The lowest BCUT2D eigenvalue weighted by atomic mass is 9.86. The van der Waals surface area contributed by atoms with E-state index in [2.05, 4.69) is 45.0 Å². The van der Waals surface area contributed by atoms with Gasteiger partial charge in [-0.15, -0.1) is 0 Å². The number of benzene rings is 1. The van der Waals surface area contributed by atoms with Crippen LogP contribution < -0.4 is 0 Å². The zero-order chi connectivity index (χ0) is 12.5. The van der Waals surface area contributed by atoms with Gasteiger partial charge in [0.25, 0.3) is 0 Å². The third-order valence-corrected chi connectivity index (χ3v) is 4.72. The molecule has 94 valence electrons. The van der Waals surface area contributed by atoms with Gasteiger partial charge in [0.15, 0.2) is 0 Å². The Balaban J connectivity index is 2.03. The van der Waals surface area contributed by atoms with Crippen molar-refractivity contribution in [1.29, 1.82) is 0 Å². The summed E-state index contributed by atoms with van der Waals surface area (Å²) in [7, 11) is 0. The van der Waals surface area contributed by atoms with Crippen molar-refractivity contribution in [3.63, 3.8) is 0 Å². The molecule has 0 bridgehead atoms. The number of hydrogen-bond acceptors (Lipinski definition) is 2. The quantitative estimate of drug-likeness (QED) is 0.869. The molecule has 2 atom stereocenters. The fourth-order valence-electron chi connectivity index (χ4n) is 2.23.